The molecule has 0 radical (unpaired) electrons. The van der Waals surface area contributed by atoms with Gasteiger partial charge in [0.15, 0.2) is 0 Å². The van der Waals surface area contributed by atoms with Gasteiger partial charge in [0.05, 0.1) is 12.1 Å². The van der Waals surface area contributed by atoms with Crippen LogP contribution in [0.25, 0.3) is 0 Å². The van der Waals surface area contributed by atoms with E-state index in [1.807, 2.05) is 0 Å². The molecule has 1 saturated carbocycles. The molecule has 2 fully saturated rings. The highest BCUT2D eigenvalue weighted by atomic mass is 35.5. The number of rotatable bonds is 4. The Labute approximate surface area is 140 Å². The molecule has 3 N–H and O–H groups in total. The SMILES string of the molecule is Cl.N[C@H](c1ccc(N2CCCC2)cc1)[C@@H](O)C1CCCCC1. The first kappa shape index (κ1) is 17.6. The summed E-state index contributed by atoms with van der Waals surface area (Å²) in [4.78, 5) is 2.42. The van der Waals surface area contributed by atoms with Gasteiger partial charge in [-0.15, -0.1) is 12.4 Å². The molecule has 0 aromatic heterocycles. The molecule has 4 heteroatoms. The average molecular weight is 325 g/mol. The first-order chi connectivity index (χ1) is 10.3. The number of halogens is 1. The monoisotopic (exact) mass is 324 g/mol. The molecule has 1 saturated heterocycles. The number of nitrogens with two attached hydrogens (primary N) is 1. The van der Waals surface area contributed by atoms with Gasteiger partial charge in [0, 0.05) is 18.8 Å². The summed E-state index contributed by atoms with van der Waals surface area (Å²) in [6, 6.07) is 8.28. The van der Waals surface area contributed by atoms with Crippen LogP contribution in [0, 0.1) is 5.92 Å². The topological polar surface area (TPSA) is 49.5 Å². The summed E-state index contributed by atoms with van der Waals surface area (Å²) in [6.45, 7) is 2.33. The molecule has 2 atom stereocenters. The Bertz CT molecular complexity index is 439. The smallest absolute Gasteiger partial charge is 0.0760 e. The molecule has 0 unspecified atom stereocenters. The Morgan fingerprint density at radius 2 is 1.55 bits per heavy atom. The van der Waals surface area contributed by atoms with Gasteiger partial charge in [0.1, 0.15) is 0 Å². The molecule has 0 bridgehead atoms. The van der Waals surface area contributed by atoms with Crippen LogP contribution in [-0.4, -0.2) is 24.3 Å². The van der Waals surface area contributed by atoms with Crippen LogP contribution in [0.2, 0.25) is 0 Å². The Balaban J connectivity index is 0.00000176. The second kappa shape index (κ2) is 8.19. The number of anilines is 1. The number of benzene rings is 1. The Morgan fingerprint density at radius 1 is 0.955 bits per heavy atom. The zero-order chi connectivity index (χ0) is 14.7. The van der Waals surface area contributed by atoms with Crippen molar-refractivity contribution in [3.63, 3.8) is 0 Å². The van der Waals surface area contributed by atoms with Crippen molar-refractivity contribution in [1.82, 2.24) is 0 Å². The molecule has 1 aromatic rings. The van der Waals surface area contributed by atoms with E-state index in [-0.39, 0.29) is 18.4 Å². The third-order valence-electron chi connectivity index (χ3n) is 5.25. The fraction of sp³-hybridized carbons (Fsp3) is 0.667. The standard InChI is InChI=1S/C18H28N2O.ClH/c19-17(18(21)15-6-2-1-3-7-15)14-8-10-16(11-9-14)20-12-4-5-13-20;/h8-11,15,17-18,21H,1-7,12-13,19H2;1H/t17-,18+;/m1./s1. The van der Waals surface area contributed by atoms with Crippen molar-refractivity contribution in [2.45, 2.75) is 57.1 Å². The third-order valence-corrected chi connectivity index (χ3v) is 5.25. The highest BCUT2D eigenvalue weighted by Gasteiger charge is 2.27. The van der Waals surface area contributed by atoms with E-state index in [9.17, 15) is 5.11 Å². The number of aliphatic hydroxyl groups is 1. The number of hydrogen-bond donors (Lipinski definition) is 2. The predicted molar refractivity (Wildman–Crippen MR) is 94.6 cm³/mol. The minimum atomic E-state index is -0.400. The van der Waals surface area contributed by atoms with Crippen LogP contribution in [0.1, 0.15) is 56.6 Å². The largest absolute Gasteiger partial charge is 0.391 e. The van der Waals surface area contributed by atoms with Crippen molar-refractivity contribution < 1.29 is 5.11 Å². The molecule has 22 heavy (non-hydrogen) atoms. The fourth-order valence-corrected chi connectivity index (χ4v) is 3.85. The molecular formula is C18H29ClN2O. The number of hydrogen-bond acceptors (Lipinski definition) is 3. The summed E-state index contributed by atoms with van der Waals surface area (Å²) in [5, 5.41) is 10.5. The van der Waals surface area contributed by atoms with E-state index in [1.165, 1.54) is 37.8 Å². The van der Waals surface area contributed by atoms with Crippen LogP contribution in [-0.2, 0) is 0 Å². The van der Waals surface area contributed by atoms with Gasteiger partial charge in [0.25, 0.3) is 0 Å². The molecule has 124 valence electrons. The predicted octanol–water partition coefficient (Wildman–Crippen LogP) is 3.65. The highest BCUT2D eigenvalue weighted by Crippen LogP contribution is 2.32. The molecular weight excluding hydrogens is 296 g/mol. The lowest BCUT2D eigenvalue weighted by molar-refractivity contribution is 0.0618. The normalized spacial score (nSPS) is 22.2. The maximum absolute atomic E-state index is 10.5. The first-order valence-corrected chi connectivity index (χ1v) is 8.54. The number of aliphatic hydroxyl groups excluding tert-OH is 1. The molecule has 1 aliphatic heterocycles. The quantitative estimate of drug-likeness (QED) is 0.888. The molecule has 2 aliphatic rings. The minimum Gasteiger partial charge on any atom is -0.391 e. The summed E-state index contributed by atoms with van der Waals surface area (Å²) in [5.41, 5.74) is 8.66. The van der Waals surface area contributed by atoms with Gasteiger partial charge in [-0.1, -0.05) is 31.4 Å². The molecule has 3 nitrogen and oxygen atoms in total. The molecule has 1 aliphatic carbocycles. The van der Waals surface area contributed by atoms with E-state index in [0.717, 1.165) is 31.5 Å². The van der Waals surface area contributed by atoms with Crippen LogP contribution in [0.4, 0.5) is 5.69 Å². The molecule has 1 heterocycles. The van der Waals surface area contributed by atoms with Gasteiger partial charge in [0.2, 0.25) is 0 Å². The van der Waals surface area contributed by atoms with Gasteiger partial charge in [-0.2, -0.15) is 0 Å². The Hall–Kier alpha value is -0.770. The molecule has 0 amide bonds. The van der Waals surface area contributed by atoms with Gasteiger partial charge in [-0.25, -0.2) is 0 Å². The summed E-state index contributed by atoms with van der Waals surface area (Å²) in [5.74, 6) is 0.381. The second-order valence-corrected chi connectivity index (χ2v) is 6.70. The lowest BCUT2D eigenvalue weighted by Gasteiger charge is -2.30. The van der Waals surface area contributed by atoms with Crippen molar-refractivity contribution in [2.75, 3.05) is 18.0 Å². The zero-order valence-electron chi connectivity index (χ0n) is 13.3. The van der Waals surface area contributed by atoms with Gasteiger partial charge in [-0.05, 0) is 49.3 Å². The first-order valence-electron chi connectivity index (χ1n) is 8.54. The van der Waals surface area contributed by atoms with E-state index < -0.39 is 6.10 Å². The highest BCUT2D eigenvalue weighted by molar-refractivity contribution is 5.85. The van der Waals surface area contributed by atoms with E-state index in [2.05, 4.69) is 29.2 Å². The second-order valence-electron chi connectivity index (χ2n) is 6.70. The van der Waals surface area contributed by atoms with Crippen LogP contribution in [0.3, 0.4) is 0 Å². The van der Waals surface area contributed by atoms with Crippen molar-refractivity contribution in [1.29, 1.82) is 0 Å². The maximum Gasteiger partial charge on any atom is 0.0760 e. The fourth-order valence-electron chi connectivity index (χ4n) is 3.85. The van der Waals surface area contributed by atoms with Crippen LogP contribution >= 0.6 is 12.4 Å². The van der Waals surface area contributed by atoms with E-state index >= 15 is 0 Å². The molecule has 1 aromatic carbocycles. The van der Waals surface area contributed by atoms with E-state index in [1.54, 1.807) is 0 Å². The summed E-state index contributed by atoms with van der Waals surface area (Å²) in [7, 11) is 0. The summed E-state index contributed by atoms with van der Waals surface area (Å²) >= 11 is 0. The summed E-state index contributed by atoms with van der Waals surface area (Å²) < 4.78 is 0. The van der Waals surface area contributed by atoms with Gasteiger partial charge < -0.3 is 15.7 Å². The lowest BCUT2D eigenvalue weighted by Crippen LogP contribution is -2.34. The maximum atomic E-state index is 10.5. The average Bonchev–Trinajstić information content (AvgIpc) is 3.09. The van der Waals surface area contributed by atoms with Crippen molar-refractivity contribution in [3.8, 4) is 0 Å². The molecule has 3 rings (SSSR count). The number of nitrogens with zero attached hydrogens (tertiary/aromatic N) is 1. The Kier molecular flexibility index (Phi) is 6.54. The van der Waals surface area contributed by atoms with Gasteiger partial charge in [-0.3, -0.25) is 0 Å². The van der Waals surface area contributed by atoms with Crippen LogP contribution < -0.4 is 10.6 Å². The van der Waals surface area contributed by atoms with Crippen molar-refractivity contribution in [2.24, 2.45) is 11.7 Å². The third kappa shape index (κ3) is 3.95. The van der Waals surface area contributed by atoms with E-state index in [4.69, 9.17) is 5.73 Å². The lowest BCUT2D eigenvalue weighted by atomic mass is 9.81. The Morgan fingerprint density at radius 3 is 2.14 bits per heavy atom. The van der Waals surface area contributed by atoms with Crippen LogP contribution in [0.15, 0.2) is 24.3 Å². The van der Waals surface area contributed by atoms with Gasteiger partial charge >= 0.3 is 0 Å². The minimum absolute atomic E-state index is 0. The van der Waals surface area contributed by atoms with E-state index in [0.29, 0.717) is 5.92 Å². The van der Waals surface area contributed by atoms with Crippen molar-refractivity contribution >= 4 is 18.1 Å². The van der Waals surface area contributed by atoms with Crippen molar-refractivity contribution in [3.05, 3.63) is 29.8 Å². The van der Waals surface area contributed by atoms with Crippen LogP contribution in [0.5, 0.6) is 0 Å². The molecule has 0 spiro atoms. The summed E-state index contributed by atoms with van der Waals surface area (Å²) in [6.07, 6.45) is 8.22. The zero-order valence-corrected chi connectivity index (χ0v) is 14.1.